The lowest BCUT2D eigenvalue weighted by Gasteiger charge is -2.35. The molecule has 1 aliphatic heterocycles. The normalized spacial score (nSPS) is 17.6. The zero-order valence-electron chi connectivity index (χ0n) is 13.0. The fourth-order valence-corrected chi connectivity index (χ4v) is 2.78. The Morgan fingerprint density at radius 2 is 2.36 bits per heavy atom. The first kappa shape index (κ1) is 16.1. The van der Waals surface area contributed by atoms with E-state index in [1.807, 2.05) is 4.90 Å². The molecule has 2 amide bonds. The molecule has 6 nitrogen and oxygen atoms in total. The molecule has 0 saturated carbocycles. The van der Waals surface area contributed by atoms with Crippen molar-refractivity contribution in [1.82, 2.24) is 15.2 Å². The van der Waals surface area contributed by atoms with Gasteiger partial charge in [0.15, 0.2) is 0 Å². The van der Waals surface area contributed by atoms with Crippen molar-refractivity contribution in [3.05, 3.63) is 23.9 Å². The molecule has 0 spiro atoms. The number of nitrogens with one attached hydrogen (secondary N) is 2. The summed E-state index contributed by atoms with van der Waals surface area (Å²) in [6.07, 6.45) is 6.04. The quantitative estimate of drug-likeness (QED) is 0.818. The number of aromatic nitrogens is 1. The van der Waals surface area contributed by atoms with E-state index in [9.17, 15) is 4.79 Å². The van der Waals surface area contributed by atoms with Gasteiger partial charge in [-0.3, -0.25) is 0 Å². The number of rotatable bonds is 5. The Labute approximate surface area is 131 Å². The molecular weight excluding hydrogens is 278 g/mol. The molecule has 1 unspecified atom stereocenters. The standard InChI is InChI=1S/C16H23N5O/c1-2-14-7-3-4-11-21(14)16(22)20-10-9-19-15-13(12-17)6-5-8-18-15/h5-6,8,14H,2-4,7,9-11H2,1H3,(H,18,19)(H,20,22). The van der Waals surface area contributed by atoms with E-state index in [0.717, 1.165) is 25.8 Å². The number of hydrogen-bond donors (Lipinski definition) is 2. The third kappa shape index (κ3) is 4.10. The molecule has 1 atom stereocenters. The highest BCUT2D eigenvalue weighted by Gasteiger charge is 2.24. The Morgan fingerprint density at radius 1 is 1.50 bits per heavy atom. The summed E-state index contributed by atoms with van der Waals surface area (Å²) < 4.78 is 0. The minimum Gasteiger partial charge on any atom is -0.367 e. The van der Waals surface area contributed by atoms with Crippen LogP contribution in [0.2, 0.25) is 0 Å². The fourth-order valence-electron chi connectivity index (χ4n) is 2.78. The highest BCUT2D eigenvalue weighted by atomic mass is 16.2. The first-order chi connectivity index (χ1) is 10.8. The fraction of sp³-hybridized carbons (Fsp3) is 0.562. The van der Waals surface area contributed by atoms with E-state index in [-0.39, 0.29) is 6.03 Å². The first-order valence-corrected chi connectivity index (χ1v) is 7.89. The van der Waals surface area contributed by atoms with Crippen molar-refractivity contribution in [3.63, 3.8) is 0 Å². The summed E-state index contributed by atoms with van der Waals surface area (Å²) in [5.41, 5.74) is 0.510. The van der Waals surface area contributed by atoms with E-state index in [2.05, 4.69) is 28.6 Å². The Kier molecular flexibility index (Phi) is 6.01. The highest BCUT2D eigenvalue weighted by Crippen LogP contribution is 2.19. The monoisotopic (exact) mass is 301 g/mol. The molecule has 6 heteroatoms. The average Bonchev–Trinajstić information content (AvgIpc) is 2.58. The lowest BCUT2D eigenvalue weighted by molar-refractivity contribution is 0.149. The molecule has 1 aliphatic rings. The van der Waals surface area contributed by atoms with Crippen molar-refractivity contribution in [1.29, 1.82) is 5.26 Å². The van der Waals surface area contributed by atoms with Crippen molar-refractivity contribution in [2.75, 3.05) is 25.0 Å². The zero-order chi connectivity index (χ0) is 15.8. The molecule has 1 fully saturated rings. The molecule has 2 N–H and O–H groups in total. The molecular formula is C16H23N5O. The van der Waals surface area contributed by atoms with E-state index in [0.29, 0.717) is 30.5 Å². The molecule has 0 aromatic carbocycles. The van der Waals surface area contributed by atoms with Crippen LogP contribution in [0.25, 0.3) is 0 Å². The van der Waals surface area contributed by atoms with Gasteiger partial charge in [0.1, 0.15) is 11.9 Å². The van der Waals surface area contributed by atoms with Crippen molar-refractivity contribution in [2.45, 2.75) is 38.6 Å². The highest BCUT2D eigenvalue weighted by molar-refractivity contribution is 5.74. The van der Waals surface area contributed by atoms with E-state index in [1.165, 1.54) is 6.42 Å². The number of pyridine rings is 1. The molecule has 22 heavy (non-hydrogen) atoms. The lowest BCUT2D eigenvalue weighted by Crippen LogP contribution is -2.49. The Bertz CT molecular complexity index is 540. The maximum atomic E-state index is 12.2. The molecule has 0 bridgehead atoms. The Balaban J connectivity index is 1.76. The molecule has 1 aromatic heterocycles. The largest absolute Gasteiger partial charge is 0.367 e. The number of carbonyl (C=O) groups is 1. The number of urea groups is 1. The lowest BCUT2D eigenvalue weighted by atomic mass is 10.0. The number of hydrogen-bond acceptors (Lipinski definition) is 4. The molecule has 2 rings (SSSR count). The topological polar surface area (TPSA) is 81.1 Å². The van der Waals surface area contributed by atoms with Gasteiger partial charge in [0.25, 0.3) is 0 Å². The van der Waals surface area contributed by atoms with Crippen LogP contribution in [0.3, 0.4) is 0 Å². The van der Waals surface area contributed by atoms with Gasteiger partial charge in [0, 0.05) is 31.9 Å². The number of nitrogens with zero attached hydrogens (tertiary/aromatic N) is 3. The first-order valence-electron chi connectivity index (χ1n) is 7.89. The van der Waals surface area contributed by atoms with Gasteiger partial charge in [-0.2, -0.15) is 5.26 Å². The van der Waals surface area contributed by atoms with Gasteiger partial charge in [-0.15, -0.1) is 0 Å². The number of carbonyl (C=O) groups excluding carboxylic acids is 1. The van der Waals surface area contributed by atoms with E-state index in [1.54, 1.807) is 18.3 Å². The van der Waals surface area contributed by atoms with Crippen LogP contribution in [0.4, 0.5) is 10.6 Å². The number of piperidine rings is 1. The van der Waals surface area contributed by atoms with Gasteiger partial charge in [0.2, 0.25) is 0 Å². The van der Waals surface area contributed by atoms with E-state index < -0.39 is 0 Å². The molecule has 0 radical (unpaired) electrons. The smallest absolute Gasteiger partial charge is 0.317 e. The van der Waals surface area contributed by atoms with Crippen LogP contribution in [0.1, 0.15) is 38.2 Å². The molecule has 1 aromatic rings. The summed E-state index contributed by atoms with van der Waals surface area (Å²) in [5.74, 6) is 0.559. The van der Waals surface area contributed by atoms with Crippen LogP contribution < -0.4 is 10.6 Å². The number of nitriles is 1. The minimum absolute atomic E-state index is 0.00915. The van der Waals surface area contributed by atoms with Crippen LogP contribution >= 0.6 is 0 Å². The van der Waals surface area contributed by atoms with Crippen molar-refractivity contribution in [3.8, 4) is 6.07 Å². The Morgan fingerprint density at radius 3 is 3.14 bits per heavy atom. The third-order valence-electron chi connectivity index (χ3n) is 3.98. The van der Waals surface area contributed by atoms with Crippen molar-refractivity contribution >= 4 is 11.8 Å². The van der Waals surface area contributed by atoms with E-state index >= 15 is 0 Å². The van der Waals surface area contributed by atoms with Crippen LogP contribution in [0.15, 0.2) is 18.3 Å². The van der Waals surface area contributed by atoms with Crippen molar-refractivity contribution in [2.24, 2.45) is 0 Å². The molecule has 0 aliphatic carbocycles. The zero-order valence-corrected chi connectivity index (χ0v) is 13.0. The van der Waals surface area contributed by atoms with Gasteiger partial charge in [0.05, 0.1) is 5.56 Å². The van der Waals surface area contributed by atoms with Gasteiger partial charge < -0.3 is 15.5 Å². The summed E-state index contributed by atoms with van der Waals surface area (Å²) in [7, 11) is 0. The number of likely N-dealkylation sites (tertiary alicyclic amines) is 1. The van der Waals surface area contributed by atoms with Gasteiger partial charge in [-0.25, -0.2) is 9.78 Å². The van der Waals surface area contributed by atoms with Gasteiger partial charge in [-0.1, -0.05) is 6.92 Å². The maximum Gasteiger partial charge on any atom is 0.317 e. The summed E-state index contributed by atoms with van der Waals surface area (Å²) >= 11 is 0. The van der Waals surface area contributed by atoms with Crippen LogP contribution in [0, 0.1) is 11.3 Å². The Hall–Kier alpha value is -2.29. The second-order valence-electron chi connectivity index (χ2n) is 5.42. The van der Waals surface area contributed by atoms with Gasteiger partial charge >= 0.3 is 6.03 Å². The average molecular weight is 301 g/mol. The summed E-state index contributed by atoms with van der Waals surface area (Å²) in [4.78, 5) is 18.3. The summed E-state index contributed by atoms with van der Waals surface area (Å²) in [6, 6.07) is 5.91. The van der Waals surface area contributed by atoms with Crippen LogP contribution in [-0.2, 0) is 0 Å². The number of amides is 2. The second kappa shape index (κ2) is 8.23. The van der Waals surface area contributed by atoms with Crippen LogP contribution in [-0.4, -0.2) is 41.6 Å². The molecule has 2 heterocycles. The predicted molar refractivity (Wildman–Crippen MR) is 85.5 cm³/mol. The third-order valence-corrected chi connectivity index (χ3v) is 3.98. The van der Waals surface area contributed by atoms with E-state index in [4.69, 9.17) is 5.26 Å². The van der Waals surface area contributed by atoms with Crippen LogP contribution in [0.5, 0.6) is 0 Å². The summed E-state index contributed by atoms with van der Waals surface area (Å²) in [6.45, 7) is 4.02. The van der Waals surface area contributed by atoms with Crippen molar-refractivity contribution < 1.29 is 4.79 Å². The second-order valence-corrected chi connectivity index (χ2v) is 5.42. The minimum atomic E-state index is 0.00915. The van der Waals surface area contributed by atoms with Gasteiger partial charge in [-0.05, 0) is 37.8 Å². The number of anilines is 1. The molecule has 118 valence electrons. The predicted octanol–water partition coefficient (Wildman–Crippen LogP) is 2.34. The maximum absolute atomic E-state index is 12.2. The SMILES string of the molecule is CCC1CCCCN1C(=O)NCCNc1ncccc1C#N. The summed E-state index contributed by atoms with van der Waals surface area (Å²) in [5, 5.41) is 15.0. The molecule has 1 saturated heterocycles.